The van der Waals surface area contributed by atoms with Crippen molar-refractivity contribution in [2.45, 2.75) is 40.5 Å². The highest BCUT2D eigenvalue weighted by Gasteiger charge is 2.20. The van der Waals surface area contributed by atoms with Crippen molar-refractivity contribution < 1.29 is 0 Å². The molecule has 0 bridgehead atoms. The van der Waals surface area contributed by atoms with Gasteiger partial charge < -0.3 is 5.32 Å². The van der Waals surface area contributed by atoms with Gasteiger partial charge in [-0.05, 0) is 30.9 Å². The fraction of sp³-hybridized carbons (Fsp3) is 0.769. The van der Waals surface area contributed by atoms with Crippen LogP contribution in [0.1, 0.15) is 39.1 Å². The van der Waals surface area contributed by atoms with Crippen LogP contribution in [0.4, 0.5) is 0 Å². The number of nitrogens with zero attached hydrogens (tertiary/aromatic N) is 2. The quantitative estimate of drug-likeness (QED) is 0.801. The fourth-order valence-electron chi connectivity index (χ4n) is 1.93. The Morgan fingerprint density at radius 2 is 2.06 bits per heavy atom. The maximum atomic E-state index is 4.49. The Morgan fingerprint density at radius 1 is 1.38 bits per heavy atom. The average molecular weight is 223 g/mol. The largest absolute Gasteiger partial charge is 0.316 e. The summed E-state index contributed by atoms with van der Waals surface area (Å²) in [5.74, 6) is 0. The van der Waals surface area contributed by atoms with Crippen molar-refractivity contribution in [3.8, 4) is 0 Å². The van der Waals surface area contributed by atoms with Gasteiger partial charge in [-0.25, -0.2) is 0 Å². The molecule has 0 aliphatic carbocycles. The topological polar surface area (TPSA) is 29.9 Å². The molecule has 0 aliphatic heterocycles. The molecule has 0 fully saturated rings. The third kappa shape index (κ3) is 3.63. The van der Waals surface area contributed by atoms with E-state index in [2.05, 4.69) is 44.2 Å². The molecule has 1 aromatic heterocycles. The molecule has 1 heterocycles. The summed E-state index contributed by atoms with van der Waals surface area (Å²) in [4.78, 5) is 0. The maximum Gasteiger partial charge on any atom is 0.0624 e. The monoisotopic (exact) mass is 223 g/mol. The molecule has 0 unspecified atom stereocenters. The molecular formula is C13H25N3. The Labute approximate surface area is 99.2 Å². The second-order valence-electron chi connectivity index (χ2n) is 5.23. The number of hydrogen-bond acceptors (Lipinski definition) is 2. The maximum absolute atomic E-state index is 4.49. The van der Waals surface area contributed by atoms with Crippen LogP contribution >= 0.6 is 0 Å². The summed E-state index contributed by atoms with van der Waals surface area (Å²) >= 11 is 0. The van der Waals surface area contributed by atoms with E-state index >= 15 is 0 Å². The van der Waals surface area contributed by atoms with E-state index in [0.717, 1.165) is 25.9 Å². The molecule has 92 valence electrons. The average Bonchev–Trinajstić information content (AvgIpc) is 2.56. The molecule has 0 spiro atoms. The van der Waals surface area contributed by atoms with Crippen LogP contribution in [0, 0.1) is 5.41 Å². The Balaban J connectivity index is 2.67. The number of nitrogens with one attached hydrogen (secondary N) is 1. The van der Waals surface area contributed by atoms with Gasteiger partial charge in [0.2, 0.25) is 0 Å². The van der Waals surface area contributed by atoms with Gasteiger partial charge in [0.05, 0.1) is 5.69 Å². The first-order valence-electron chi connectivity index (χ1n) is 6.21. The Morgan fingerprint density at radius 3 is 2.56 bits per heavy atom. The zero-order valence-electron chi connectivity index (χ0n) is 11.3. The minimum Gasteiger partial charge on any atom is -0.316 e. The van der Waals surface area contributed by atoms with Crippen molar-refractivity contribution in [2.24, 2.45) is 12.5 Å². The highest BCUT2D eigenvalue weighted by atomic mass is 15.3. The Bertz CT molecular complexity index is 326. The predicted octanol–water partition coefficient (Wildman–Crippen LogP) is 2.16. The van der Waals surface area contributed by atoms with Gasteiger partial charge in [0.15, 0.2) is 0 Å². The van der Waals surface area contributed by atoms with E-state index in [0.29, 0.717) is 0 Å². The van der Waals surface area contributed by atoms with Gasteiger partial charge in [-0.2, -0.15) is 5.10 Å². The molecular weight excluding hydrogens is 198 g/mol. The number of rotatable bonds is 6. The van der Waals surface area contributed by atoms with E-state index in [-0.39, 0.29) is 5.41 Å². The lowest BCUT2D eigenvalue weighted by Crippen LogP contribution is -2.31. The summed E-state index contributed by atoms with van der Waals surface area (Å²) in [6.07, 6.45) is 2.09. The molecule has 16 heavy (non-hydrogen) atoms. The lowest BCUT2D eigenvalue weighted by molar-refractivity contribution is 0.333. The number of aromatic nitrogens is 2. The van der Waals surface area contributed by atoms with Crippen LogP contribution in [-0.2, 0) is 19.9 Å². The smallest absolute Gasteiger partial charge is 0.0624 e. The second kappa shape index (κ2) is 5.48. The molecule has 1 rings (SSSR count). The first-order valence-corrected chi connectivity index (χ1v) is 6.21. The van der Waals surface area contributed by atoms with E-state index in [1.165, 1.54) is 11.4 Å². The zero-order valence-corrected chi connectivity index (χ0v) is 11.3. The summed E-state index contributed by atoms with van der Waals surface area (Å²) in [6, 6.07) is 2.23. The summed E-state index contributed by atoms with van der Waals surface area (Å²) < 4.78 is 2.02. The van der Waals surface area contributed by atoms with Crippen molar-refractivity contribution in [1.29, 1.82) is 0 Å². The molecule has 0 saturated carbocycles. The first-order chi connectivity index (χ1) is 7.48. The number of aryl methyl sites for hydroxylation is 2. The zero-order chi connectivity index (χ0) is 12.2. The van der Waals surface area contributed by atoms with E-state index in [4.69, 9.17) is 0 Å². The van der Waals surface area contributed by atoms with Crippen LogP contribution in [0.3, 0.4) is 0 Å². The molecule has 3 nitrogen and oxygen atoms in total. The molecule has 0 atom stereocenters. The van der Waals surface area contributed by atoms with Gasteiger partial charge in [-0.1, -0.05) is 27.7 Å². The Hall–Kier alpha value is -0.830. The van der Waals surface area contributed by atoms with Crippen molar-refractivity contribution >= 4 is 0 Å². The van der Waals surface area contributed by atoms with E-state index < -0.39 is 0 Å². The summed E-state index contributed by atoms with van der Waals surface area (Å²) in [5, 5.41) is 7.91. The van der Waals surface area contributed by atoms with Crippen LogP contribution in [0.2, 0.25) is 0 Å². The lowest BCUT2D eigenvalue weighted by Gasteiger charge is -2.24. The minimum atomic E-state index is 0.287. The van der Waals surface area contributed by atoms with Crippen LogP contribution in [0.15, 0.2) is 6.07 Å². The van der Waals surface area contributed by atoms with Gasteiger partial charge >= 0.3 is 0 Å². The summed E-state index contributed by atoms with van der Waals surface area (Å²) in [5.41, 5.74) is 2.81. The predicted molar refractivity (Wildman–Crippen MR) is 68.6 cm³/mol. The molecule has 0 aromatic carbocycles. The van der Waals surface area contributed by atoms with Crippen LogP contribution in [0.5, 0.6) is 0 Å². The number of hydrogen-bond donors (Lipinski definition) is 1. The van der Waals surface area contributed by atoms with Gasteiger partial charge in [-0.3, -0.25) is 4.68 Å². The van der Waals surface area contributed by atoms with Crippen molar-refractivity contribution in [3.63, 3.8) is 0 Å². The Kier molecular flexibility index (Phi) is 4.54. The first kappa shape index (κ1) is 13.2. The van der Waals surface area contributed by atoms with Crippen LogP contribution in [-0.4, -0.2) is 22.9 Å². The van der Waals surface area contributed by atoms with Crippen molar-refractivity contribution in [1.82, 2.24) is 15.1 Å². The molecule has 0 amide bonds. The van der Waals surface area contributed by atoms with Crippen molar-refractivity contribution in [3.05, 3.63) is 17.5 Å². The minimum absolute atomic E-state index is 0.287. The molecule has 1 N–H and O–H groups in total. The molecule has 0 saturated heterocycles. The van der Waals surface area contributed by atoms with E-state index in [1.807, 2.05) is 11.7 Å². The summed E-state index contributed by atoms with van der Waals surface area (Å²) in [7, 11) is 2.04. The van der Waals surface area contributed by atoms with Gasteiger partial charge in [0.25, 0.3) is 0 Å². The van der Waals surface area contributed by atoms with Gasteiger partial charge in [-0.15, -0.1) is 0 Å². The van der Waals surface area contributed by atoms with Crippen molar-refractivity contribution in [2.75, 3.05) is 13.1 Å². The third-order valence-electron chi connectivity index (χ3n) is 2.90. The molecule has 3 heteroatoms. The highest BCUT2D eigenvalue weighted by Crippen LogP contribution is 2.21. The van der Waals surface area contributed by atoms with Gasteiger partial charge in [0.1, 0.15) is 0 Å². The molecule has 0 aliphatic rings. The van der Waals surface area contributed by atoms with Crippen LogP contribution in [0.25, 0.3) is 0 Å². The standard InChI is InChI=1S/C13H25N3/c1-6-11-8-12(16(5)15-11)9-13(3,4)10-14-7-2/h8,14H,6-7,9-10H2,1-5H3. The van der Waals surface area contributed by atoms with E-state index in [9.17, 15) is 0 Å². The van der Waals surface area contributed by atoms with Gasteiger partial charge in [0, 0.05) is 19.3 Å². The second-order valence-corrected chi connectivity index (χ2v) is 5.23. The molecule has 1 aromatic rings. The van der Waals surface area contributed by atoms with E-state index in [1.54, 1.807) is 0 Å². The van der Waals surface area contributed by atoms with Crippen LogP contribution < -0.4 is 5.32 Å². The SMILES string of the molecule is CCNCC(C)(C)Cc1cc(CC)nn1C. The normalized spacial score (nSPS) is 12.1. The summed E-state index contributed by atoms with van der Waals surface area (Å²) in [6.45, 7) is 11.0. The fourth-order valence-corrected chi connectivity index (χ4v) is 1.93. The molecule has 0 radical (unpaired) electrons. The highest BCUT2D eigenvalue weighted by molar-refractivity contribution is 5.11. The third-order valence-corrected chi connectivity index (χ3v) is 2.90. The lowest BCUT2D eigenvalue weighted by atomic mass is 9.87.